The van der Waals surface area contributed by atoms with Gasteiger partial charge in [-0.05, 0) is 17.6 Å². The Morgan fingerprint density at radius 1 is 1.40 bits per heavy atom. The highest BCUT2D eigenvalue weighted by Crippen LogP contribution is 2.44. The summed E-state index contributed by atoms with van der Waals surface area (Å²) < 4.78 is 0. The van der Waals surface area contributed by atoms with Crippen molar-refractivity contribution in [2.45, 2.75) is 36.6 Å². The monoisotopic (exact) mass is 361 g/mol. The molecular formula is C17H19N3O4S. The number of hydrogen-bond donors (Lipinski definition) is 3. The van der Waals surface area contributed by atoms with Crippen LogP contribution in [0.1, 0.15) is 31.4 Å². The van der Waals surface area contributed by atoms with Gasteiger partial charge in [-0.3, -0.25) is 14.5 Å². The second-order valence-corrected chi connectivity index (χ2v) is 7.16. The molecule has 1 aromatic rings. The SMILES string of the molecule is CCC1=C(C(=O)O)N2C(=O)C[C@H]2SC1NC(=O)[C@H](N)c1ccccc1. The molecule has 132 valence electrons. The van der Waals surface area contributed by atoms with Gasteiger partial charge in [-0.2, -0.15) is 0 Å². The van der Waals surface area contributed by atoms with Crippen molar-refractivity contribution in [1.82, 2.24) is 10.2 Å². The number of thioether (sulfide) groups is 1. The lowest BCUT2D eigenvalue weighted by atomic mass is 10.0. The van der Waals surface area contributed by atoms with Gasteiger partial charge in [0.25, 0.3) is 0 Å². The lowest BCUT2D eigenvalue weighted by Gasteiger charge is -2.46. The van der Waals surface area contributed by atoms with Crippen LogP contribution in [0.25, 0.3) is 0 Å². The van der Waals surface area contributed by atoms with Gasteiger partial charge in [0, 0.05) is 0 Å². The first-order chi connectivity index (χ1) is 11.9. The van der Waals surface area contributed by atoms with Crippen LogP contribution >= 0.6 is 11.8 Å². The van der Waals surface area contributed by atoms with Gasteiger partial charge < -0.3 is 16.2 Å². The third-order valence-electron chi connectivity index (χ3n) is 4.36. The summed E-state index contributed by atoms with van der Waals surface area (Å²) >= 11 is 1.38. The molecular weight excluding hydrogens is 342 g/mol. The second kappa shape index (κ2) is 6.89. The molecule has 3 rings (SSSR count). The molecule has 8 heteroatoms. The molecule has 1 unspecified atom stereocenters. The smallest absolute Gasteiger partial charge is 0.352 e. The lowest BCUT2D eigenvalue weighted by molar-refractivity contribution is -0.146. The molecule has 25 heavy (non-hydrogen) atoms. The Morgan fingerprint density at radius 3 is 2.64 bits per heavy atom. The Morgan fingerprint density at radius 2 is 2.08 bits per heavy atom. The number of β-lactam (4-membered cyclic amide) rings is 1. The molecule has 0 spiro atoms. The second-order valence-electron chi connectivity index (χ2n) is 5.87. The van der Waals surface area contributed by atoms with Gasteiger partial charge in [-0.25, -0.2) is 4.79 Å². The number of fused-ring (bicyclic) bond motifs is 1. The van der Waals surface area contributed by atoms with E-state index in [1.165, 1.54) is 16.7 Å². The van der Waals surface area contributed by atoms with Crippen LogP contribution in [0.5, 0.6) is 0 Å². The molecule has 0 bridgehead atoms. The zero-order chi connectivity index (χ0) is 18.1. The van der Waals surface area contributed by atoms with Crippen molar-refractivity contribution in [3.8, 4) is 0 Å². The highest BCUT2D eigenvalue weighted by molar-refractivity contribution is 8.00. The largest absolute Gasteiger partial charge is 0.477 e. The predicted molar refractivity (Wildman–Crippen MR) is 93.1 cm³/mol. The van der Waals surface area contributed by atoms with Gasteiger partial charge in [0.2, 0.25) is 11.8 Å². The van der Waals surface area contributed by atoms with E-state index in [0.717, 1.165) is 0 Å². The maximum atomic E-state index is 12.5. The van der Waals surface area contributed by atoms with Crippen molar-refractivity contribution in [1.29, 1.82) is 0 Å². The molecule has 3 atom stereocenters. The van der Waals surface area contributed by atoms with Crippen LogP contribution < -0.4 is 11.1 Å². The van der Waals surface area contributed by atoms with E-state index in [4.69, 9.17) is 5.73 Å². The van der Waals surface area contributed by atoms with E-state index in [0.29, 0.717) is 17.6 Å². The number of carbonyl (C=O) groups excluding carboxylic acids is 2. The average molecular weight is 361 g/mol. The molecule has 2 amide bonds. The first kappa shape index (κ1) is 17.5. The third kappa shape index (κ3) is 3.14. The van der Waals surface area contributed by atoms with Crippen LogP contribution in [0, 0.1) is 0 Å². The number of carboxylic acid groups (broad SMARTS) is 1. The fourth-order valence-corrected chi connectivity index (χ4v) is 4.55. The van der Waals surface area contributed by atoms with E-state index in [2.05, 4.69) is 5.32 Å². The van der Waals surface area contributed by atoms with Crippen LogP contribution in [0.2, 0.25) is 0 Å². The van der Waals surface area contributed by atoms with E-state index in [9.17, 15) is 19.5 Å². The summed E-state index contributed by atoms with van der Waals surface area (Å²) in [5.74, 6) is -1.73. The summed E-state index contributed by atoms with van der Waals surface area (Å²) in [6.07, 6.45) is 0.687. The van der Waals surface area contributed by atoms with E-state index in [1.54, 1.807) is 31.2 Å². The van der Waals surface area contributed by atoms with Gasteiger partial charge in [0.05, 0.1) is 11.8 Å². The molecule has 2 heterocycles. The number of nitrogens with two attached hydrogens (primary N) is 1. The van der Waals surface area contributed by atoms with Gasteiger partial charge >= 0.3 is 5.97 Å². The van der Waals surface area contributed by atoms with E-state index < -0.39 is 17.4 Å². The zero-order valence-corrected chi connectivity index (χ0v) is 14.5. The van der Waals surface area contributed by atoms with Crippen molar-refractivity contribution < 1.29 is 19.5 Å². The van der Waals surface area contributed by atoms with E-state index in [1.807, 2.05) is 6.07 Å². The number of nitrogens with zero attached hydrogens (tertiary/aromatic N) is 1. The maximum absolute atomic E-state index is 12.5. The number of hydrogen-bond acceptors (Lipinski definition) is 5. The standard InChI is InChI=1S/C17H19N3O4S/c1-2-10-14(17(23)24)20-11(21)8-12(20)25-16(10)19-15(22)13(18)9-6-4-3-5-7-9/h3-7,12-13,16H,2,8,18H2,1H3,(H,19,22)(H,23,24)/t12-,13-,16?/m1/s1. The molecule has 0 aromatic heterocycles. The molecule has 1 aromatic carbocycles. The number of nitrogens with one attached hydrogen (secondary N) is 1. The molecule has 0 saturated carbocycles. The van der Waals surface area contributed by atoms with Gasteiger partial charge in [-0.15, -0.1) is 11.8 Å². The minimum Gasteiger partial charge on any atom is -0.477 e. The van der Waals surface area contributed by atoms with Gasteiger partial charge in [0.15, 0.2) is 0 Å². The van der Waals surface area contributed by atoms with Crippen molar-refractivity contribution in [2.24, 2.45) is 5.73 Å². The van der Waals surface area contributed by atoms with Crippen molar-refractivity contribution in [2.75, 3.05) is 0 Å². The number of aliphatic carboxylic acids is 1. The fourth-order valence-electron chi connectivity index (χ4n) is 3.03. The summed E-state index contributed by atoms with van der Waals surface area (Å²) in [6, 6.07) is 8.14. The first-order valence-corrected chi connectivity index (χ1v) is 8.93. The predicted octanol–water partition coefficient (Wildman–Crippen LogP) is 1.18. The number of amides is 2. The Kier molecular flexibility index (Phi) is 4.82. The van der Waals surface area contributed by atoms with E-state index >= 15 is 0 Å². The fraction of sp³-hybridized carbons (Fsp3) is 0.353. The number of carboxylic acids is 1. The molecule has 2 aliphatic heterocycles. The van der Waals surface area contributed by atoms with Gasteiger partial charge in [0.1, 0.15) is 17.1 Å². The molecule has 2 aliphatic rings. The molecule has 0 radical (unpaired) electrons. The number of carbonyl (C=O) groups is 3. The van der Waals surface area contributed by atoms with Crippen LogP contribution in [0.15, 0.2) is 41.6 Å². The van der Waals surface area contributed by atoms with Gasteiger partial charge in [-0.1, -0.05) is 37.3 Å². The summed E-state index contributed by atoms with van der Waals surface area (Å²) in [4.78, 5) is 37.2. The molecule has 7 nitrogen and oxygen atoms in total. The maximum Gasteiger partial charge on any atom is 0.352 e. The Hall–Kier alpha value is -2.32. The van der Waals surface area contributed by atoms with Crippen molar-refractivity contribution in [3.63, 3.8) is 0 Å². The minimum absolute atomic E-state index is 0.0129. The van der Waals surface area contributed by atoms with E-state index in [-0.39, 0.29) is 29.3 Å². The molecule has 0 aliphatic carbocycles. The average Bonchev–Trinajstić information content (AvgIpc) is 2.60. The summed E-state index contributed by atoms with van der Waals surface area (Å²) in [6.45, 7) is 1.81. The van der Waals surface area contributed by atoms with Crippen LogP contribution in [-0.4, -0.2) is 38.5 Å². The quantitative estimate of drug-likeness (QED) is 0.679. The van der Waals surface area contributed by atoms with Crippen molar-refractivity contribution >= 4 is 29.5 Å². The highest BCUT2D eigenvalue weighted by atomic mass is 32.2. The molecule has 1 fully saturated rings. The number of benzene rings is 1. The summed E-state index contributed by atoms with van der Waals surface area (Å²) in [5, 5.41) is 11.6. The Balaban J connectivity index is 1.84. The Labute approximate surface area is 149 Å². The Bertz CT molecular complexity index is 750. The summed E-state index contributed by atoms with van der Waals surface area (Å²) in [5.41, 5.74) is 7.21. The number of rotatable bonds is 5. The third-order valence-corrected chi connectivity index (χ3v) is 5.72. The normalized spacial score (nSPS) is 23.6. The minimum atomic E-state index is -1.15. The topological polar surface area (TPSA) is 113 Å². The van der Waals surface area contributed by atoms with Crippen LogP contribution in [-0.2, 0) is 14.4 Å². The highest BCUT2D eigenvalue weighted by Gasteiger charge is 2.48. The zero-order valence-electron chi connectivity index (χ0n) is 13.6. The molecule has 1 saturated heterocycles. The van der Waals surface area contributed by atoms with Crippen LogP contribution in [0.3, 0.4) is 0 Å². The van der Waals surface area contributed by atoms with Crippen molar-refractivity contribution in [3.05, 3.63) is 47.2 Å². The summed E-state index contributed by atoms with van der Waals surface area (Å²) in [7, 11) is 0. The molecule has 4 N–H and O–H groups in total. The first-order valence-electron chi connectivity index (χ1n) is 7.98. The lowest BCUT2D eigenvalue weighted by Crippen LogP contribution is -2.57. The van der Waals surface area contributed by atoms with Crippen LogP contribution in [0.4, 0.5) is 0 Å².